The lowest BCUT2D eigenvalue weighted by Crippen LogP contribution is -2.21. The number of ether oxygens (including phenoxy) is 1. The second kappa shape index (κ2) is 9.24. The third-order valence-corrected chi connectivity index (χ3v) is 5.56. The molecule has 0 aliphatic carbocycles. The molecule has 0 amide bonds. The number of ketones is 1. The number of carbonyl (C=O) groups excluding carboxylic acids is 1. The molecule has 1 aromatic carbocycles. The van der Waals surface area contributed by atoms with Crippen molar-refractivity contribution in [3.8, 4) is 17.0 Å². The Labute approximate surface area is 178 Å². The van der Waals surface area contributed by atoms with Crippen LogP contribution in [0, 0.1) is 5.41 Å². The van der Waals surface area contributed by atoms with Gasteiger partial charge in [0.25, 0.3) is 0 Å². The number of nitrogens with zero attached hydrogens (tertiary/aromatic N) is 2. The normalized spacial score (nSPS) is 10.8. The number of hydrogen-bond donors (Lipinski definition) is 1. The van der Waals surface area contributed by atoms with Gasteiger partial charge in [-0.3, -0.25) is 10.2 Å². The van der Waals surface area contributed by atoms with Crippen LogP contribution in [0.15, 0.2) is 40.9 Å². The second-order valence-electron chi connectivity index (χ2n) is 6.59. The number of aromatic nitrogens is 1. The summed E-state index contributed by atoms with van der Waals surface area (Å²) < 4.78 is 11.8. The SMILES string of the molecule is CCOc1cc(C(=N)N(C)C)ccc1-c1cc(CCC(=O)c2ccc(Cl)s2)on1. The molecule has 0 aliphatic rings. The molecule has 0 fully saturated rings. The summed E-state index contributed by atoms with van der Waals surface area (Å²) in [5.74, 6) is 1.69. The van der Waals surface area contributed by atoms with Crippen molar-refractivity contribution in [1.82, 2.24) is 10.1 Å². The molecule has 0 unspecified atom stereocenters. The molecule has 29 heavy (non-hydrogen) atoms. The number of halogens is 1. The number of thiophene rings is 1. The molecule has 0 radical (unpaired) electrons. The van der Waals surface area contributed by atoms with Crippen LogP contribution in [0.4, 0.5) is 0 Å². The van der Waals surface area contributed by atoms with Crippen molar-refractivity contribution >= 4 is 34.6 Å². The van der Waals surface area contributed by atoms with E-state index in [1.54, 1.807) is 17.0 Å². The minimum Gasteiger partial charge on any atom is -0.493 e. The van der Waals surface area contributed by atoms with E-state index in [0.29, 0.717) is 51.7 Å². The number of hydrogen-bond acceptors (Lipinski definition) is 6. The lowest BCUT2D eigenvalue weighted by molar-refractivity contribution is 0.0984. The van der Waals surface area contributed by atoms with Crippen LogP contribution in [0.1, 0.15) is 34.3 Å². The van der Waals surface area contributed by atoms with Crippen LogP contribution in [0.25, 0.3) is 11.3 Å². The number of nitrogens with one attached hydrogen (secondary N) is 1. The van der Waals surface area contributed by atoms with Gasteiger partial charge in [-0.05, 0) is 31.2 Å². The maximum absolute atomic E-state index is 12.2. The van der Waals surface area contributed by atoms with Crippen LogP contribution in [0.5, 0.6) is 5.75 Å². The highest BCUT2D eigenvalue weighted by Crippen LogP contribution is 2.31. The quantitative estimate of drug-likeness (QED) is 0.303. The first-order valence-electron chi connectivity index (χ1n) is 9.16. The van der Waals surface area contributed by atoms with Gasteiger partial charge in [0.1, 0.15) is 23.0 Å². The topological polar surface area (TPSA) is 79.4 Å². The van der Waals surface area contributed by atoms with Gasteiger partial charge in [-0.25, -0.2) is 0 Å². The molecule has 0 saturated heterocycles. The zero-order valence-corrected chi connectivity index (χ0v) is 18.1. The molecule has 8 heteroatoms. The van der Waals surface area contributed by atoms with Gasteiger partial charge in [-0.1, -0.05) is 22.8 Å². The predicted molar refractivity (Wildman–Crippen MR) is 116 cm³/mol. The van der Waals surface area contributed by atoms with Crippen LogP contribution in [0.3, 0.4) is 0 Å². The van der Waals surface area contributed by atoms with Crippen molar-refractivity contribution < 1.29 is 14.1 Å². The second-order valence-corrected chi connectivity index (χ2v) is 8.31. The third-order valence-electron chi connectivity index (χ3n) is 4.28. The van der Waals surface area contributed by atoms with Gasteiger partial charge in [-0.15, -0.1) is 11.3 Å². The average molecular weight is 432 g/mol. The number of carbonyl (C=O) groups is 1. The molecule has 0 aliphatic heterocycles. The molecule has 0 saturated carbocycles. The van der Waals surface area contributed by atoms with E-state index in [0.717, 1.165) is 11.1 Å². The highest BCUT2D eigenvalue weighted by molar-refractivity contribution is 7.18. The summed E-state index contributed by atoms with van der Waals surface area (Å²) in [5.41, 5.74) is 2.18. The zero-order chi connectivity index (χ0) is 21.0. The molecule has 152 valence electrons. The van der Waals surface area contributed by atoms with Crippen LogP contribution in [0.2, 0.25) is 4.34 Å². The van der Waals surface area contributed by atoms with E-state index in [4.69, 9.17) is 26.3 Å². The maximum atomic E-state index is 12.2. The van der Waals surface area contributed by atoms with E-state index >= 15 is 0 Å². The third kappa shape index (κ3) is 5.05. The molecule has 0 bridgehead atoms. The fourth-order valence-electron chi connectivity index (χ4n) is 2.80. The van der Waals surface area contributed by atoms with E-state index in [9.17, 15) is 4.79 Å². The number of benzene rings is 1. The molecule has 2 heterocycles. The van der Waals surface area contributed by atoms with Gasteiger partial charge in [0, 0.05) is 44.1 Å². The van der Waals surface area contributed by atoms with Gasteiger partial charge >= 0.3 is 0 Å². The molecule has 3 aromatic rings. The summed E-state index contributed by atoms with van der Waals surface area (Å²) >= 11 is 7.17. The lowest BCUT2D eigenvalue weighted by atomic mass is 10.1. The Hall–Kier alpha value is -2.64. The minimum atomic E-state index is 0.0291. The maximum Gasteiger partial charge on any atom is 0.173 e. The minimum absolute atomic E-state index is 0.0291. The summed E-state index contributed by atoms with van der Waals surface area (Å²) in [6.07, 6.45) is 0.775. The fourth-order valence-corrected chi connectivity index (χ4v) is 3.81. The summed E-state index contributed by atoms with van der Waals surface area (Å²) in [5, 5.41) is 12.3. The summed E-state index contributed by atoms with van der Waals surface area (Å²) in [7, 11) is 3.65. The number of aryl methyl sites for hydroxylation is 1. The van der Waals surface area contributed by atoms with E-state index in [1.807, 2.05) is 45.3 Å². The summed E-state index contributed by atoms with van der Waals surface area (Å²) in [6, 6.07) is 10.9. The number of Topliss-reactive ketones (excluding diaryl/α,β-unsaturated/α-hetero) is 1. The van der Waals surface area contributed by atoms with Crippen LogP contribution in [-0.2, 0) is 6.42 Å². The lowest BCUT2D eigenvalue weighted by Gasteiger charge is -2.16. The Balaban J connectivity index is 1.76. The Morgan fingerprint density at radius 1 is 1.28 bits per heavy atom. The van der Waals surface area contributed by atoms with E-state index in [1.165, 1.54) is 11.3 Å². The van der Waals surface area contributed by atoms with Crippen molar-refractivity contribution in [2.45, 2.75) is 19.8 Å². The average Bonchev–Trinajstić information content (AvgIpc) is 3.35. The Morgan fingerprint density at radius 2 is 2.07 bits per heavy atom. The van der Waals surface area contributed by atoms with Crippen LogP contribution >= 0.6 is 22.9 Å². The standard InChI is InChI=1S/C21H22ClN3O3S/c1-4-27-18-11-13(21(23)25(2)3)5-7-15(18)16-12-14(28-24-16)6-8-17(26)19-9-10-20(22)29-19/h5,7,9-12,23H,4,6,8H2,1-3H3. The Bertz CT molecular complexity index is 1030. The first-order valence-corrected chi connectivity index (χ1v) is 10.4. The molecule has 0 atom stereocenters. The van der Waals surface area contributed by atoms with E-state index < -0.39 is 0 Å². The summed E-state index contributed by atoms with van der Waals surface area (Å²) in [4.78, 5) is 14.6. The Kier molecular flexibility index (Phi) is 6.71. The highest BCUT2D eigenvalue weighted by Gasteiger charge is 2.16. The van der Waals surface area contributed by atoms with Crippen molar-refractivity contribution in [1.29, 1.82) is 5.41 Å². The van der Waals surface area contributed by atoms with Crippen LogP contribution < -0.4 is 4.74 Å². The number of rotatable bonds is 8. The van der Waals surface area contributed by atoms with Gasteiger partial charge in [0.15, 0.2) is 5.78 Å². The molecule has 0 spiro atoms. The van der Waals surface area contributed by atoms with E-state index in [2.05, 4.69) is 5.16 Å². The molecular weight excluding hydrogens is 410 g/mol. The fraction of sp³-hybridized carbons (Fsp3) is 0.286. The molecule has 3 rings (SSSR count). The van der Waals surface area contributed by atoms with Crippen molar-refractivity contribution in [3.63, 3.8) is 0 Å². The van der Waals surface area contributed by atoms with Gasteiger partial charge in [0.2, 0.25) is 0 Å². The van der Waals surface area contributed by atoms with E-state index in [-0.39, 0.29) is 5.78 Å². The predicted octanol–water partition coefficient (Wildman–Crippen LogP) is 5.16. The van der Waals surface area contributed by atoms with Crippen LogP contribution in [-0.4, -0.2) is 42.4 Å². The van der Waals surface area contributed by atoms with Crippen molar-refractivity contribution in [2.24, 2.45) is 0 Å². The first kappa shape index (κ1) is 21.1. The highest BCUT2D eigenvalue weighted by atomic mass is 35.5. The van der Waals surface area contributed by atoms with Gasteiger partial charge < -0.3 is 14.2 Å². The van der Waals surface area contributed by atoms with Crippen molar-refractivity contribution in [3.05, 3.63) is 56.9 Å². The smallest absolute Gasteiger partial charge is 0.173 e. The molecule has 2 aromatic heterocycles. The summed E-state index contributed by atoms with van der Waals surface area (Å²) in [6.45, 7) is 2.40. The monoisotopic (exact) mass is 431 g/mol. The zero-order valence-electron chi connectivity index (χ0n) is 16.5. The van der Waals surface area contributed by atoms with Crippen molar-refractivity contribution in [2.75, 3.05) is 20.7 Å². The Morgan fingerprint density at radius 3 is 2.72 bits per heavy atom. The van der Waals surface area contributed by atoms with Gasteiger partial charge in [-0.2, -0.15) is 0 Å². The molecule has 1 N–H and O–H groups in total. The number of amidine groups is 1. The molecule has 6 nitrogen and oxygen atoms in total. The largest absolute Gasteiger partial charge is 0.493 e. The van der Waals surface area contributed by atoms with Gasteiger partial charge in [0.05, 0.1) is 15.8 Å². The molecular formula is C21H22ClN3O3S. The first-order chi connectivity index (χ1) is 13.9.